The van der Waals surface area contributed by atoms with Crippen molar-refractivity contribution in [2.75, 3.05) is 0 Å². The molecule has 0 fully saturated rings. The van der Waals surface area contributed by atoms with Gasteiger partial charge in [0.1, 0.15) is 11.4 Å². The predicted molar refractivity (Wildman–Crippen MR) is 76.3 cm³/mol. The summed E-state index contributed by atoms with van der Waals surface area (Å²) in [4.78, 5) is 20.9. The van der Waals surface area contributed by atoms with Crippen LogP contribution in [0.1, 0.15) is 16.7 Å². The molecule has 0 unspecified atom stereocenters. The fourth-order valence-electron chi connectivity index (χ4n) is 1.90. The van der Waals surface area contributed by atoms with E-state index in [2.05, 4.69) is 10.4 Å². The van der Waals surface area contributed by atoms with Gasteiger partial charge in [0.2, 0.25) is 0 Å². The first kappa shape index (κ1) is 13.4. The zero-order chi connectivity index (χ0) is 13.8. The van der Waals surface area contributed by atoms with E-state index in [1.54, 1.807) is 18.2 Å². The first-order valence-corrected chi connectivity index (χ1v) is 6.06. The smallest absolute Gasteiger partial charge is 0.126 e. The second-order valence-electron chi connectivity index (χ2n) is 4.27. The summed E-state index contributed by atoms with van der Waals surface area (Å²) in [6.45, 7) is 1.84. The van der Waals surface area contributed by atoms with Crippen molar-refractivity contribution < 1.29 is 0 Å². The Morgan fingerprint density at radius 1 is 0.947 bits per heavy atom. The molecular formula is C14H11ClN2O2. The van der Waals surface area contributed by atoms with Gasteiger partial charge in [0.25, 0.3) is 0 Å². The lowest BCUT2D eigenvalue weighted by Gasteiger charge is -2.05. The number of benzene rings is 2. The van der Waals surface area contributed by atoms with Crippen molar-refractivity contribution in [2.45, 2.75) is 13.3 Å². The summed E-state index contributed by atoms with van der Waals surface area (Å²) in [6, 6.07) is 10.6. The van der Waals surface area contributed by atoms with E-state index in [4.69, 9.17) is 11.6 Å². The van der Waals surface area contributed by atoms with Crippen LogP contribution in [0.2, 0.25) is 5.02 Å². The van der Waals surface area contributed by atoms with Gasteiger partial charge in [-0.05, 0) is 58.6 Å². The van der Waals surface area contributed by atoms with Crippen LogP contribution >= 0.6 is 11.6 Å². The Balaban J connectivity index is 2.26. The molecule has 2 rings (SSSR count). The number of hydrogen-bond donors (Lipinski definition) is 0. The molecule has 0 N–H and O–H groups in total. The summed E-state index contributed by atoms with van der Waals surface area (Å²) < 4.78 is 0. The lowest BCUT2D eigenvalue weighted by Crippen LogP contribution is -1.89. The Kier molecular flexibility index (Phi) is 4.02. The highest BCUT2D eigenvalue weighted by molar-refractivity contribution is 6.33. The summed E-state index contributed by atoms with van der Waals surface area (Å²) in [5.41, 5.74) is 3.55. The van der Waals surface area contributed by atoms with Gasteiger partial charge in [-0.2, -0.15) is 0 Å². The molecule has 96 valence electrons. The molecule has 0 aliphatic heterocycles. The molecule has 2 aromatic rings. The minimum Gasteiger partial charge on any atom is -0.145 e. The molecule has 0 aliphatic carbocycles. The van der Waals surface area contributed by atoms with Gasteiger partial charge in [-0.15, -0.1) is 9.81 Å². The Hall–Kier alpha value is -2.07. The Morgan fingerprint density at radius 2 is 1.53 bits per heavy atom. The molecule has 0 aliphatic rings. The maximum Gasteiger partial charge on any atom is 0.126 e. The third-order valence-electron chi connectivity index (χ3n) is 2.88. The fraction of sp³-hybridized carbons (Fsp3) is 0.143. The molecule has 0 amide bonds. The van der Waals surface area contributed by atoms with E-state index >= 15 is 0 Å². The minimum absolute atomic E-state index is 0.238. The lowest BCUT2D eigenvalue weighted by atomic mass is 10.0. The SMILES string of the molecule is Cc1cc(Cc2ccc(N=O)c(Cl)c2)ccc1N=O. The first-order valence-electron chi connectivity index (χ1n) is 5.68. The van der Waals surface area contributed by atoms with E-state index in [0.717, 1.165) is 16.7 Å². The van der Waals surface area contributed by atoms with E-state index in [-0.39, 0.29) is 5.69 Å². The van der Waals surface area contributed by atoms with Gasteiger partial charge in [-0.3, -0.25) is 0 Å². The standard InChI is InChI=1S/C14H11ClN2O2/c1-9-6-10(2-4-13(9)16-18)7-11-3-5-14(17-19)12(15)8-11/h2-6,8H,7H2,1H3. The Bertz CT molecular complexity index is 586. The monoisotopic (exact) mass is 274 g/mol. The van der Waals surface area contributed by atoms with Crippen LogP contribution in [0, 0.1) is 16.7 Å². The average molecular weight is 275 g/mol. The van der Waals surface area contributed by atoms with E-state index < -0.39 is 0 Å². The molecular weight excluding hydrogens is 264 g/mol. The minimum atomic E-state index is 0.238. The normalized spacial score (nSPS) is 10.2. The quantitative estimate of drug-likeness (QED) is 0.734. The Labute approximate surface area is 115 Å². The largest absolute Gasteiger partial charge is 0.145 e. The number of nitroso groups, excluding NO2 is 2. The maximum atomic E-state index is 10.5. The summed E-state index contributed by atoms with van der Waals surface area (Å²) in [7, 11) is 0. The van der Waals surface area contributed by atoms with Crippen LogP contribution in [0.25, 0.3) is 0 Å². The van der Waals surface area contributed by atoms with Crippen LogP contribution in [-0.4, -0.2) is 0 Å². The van der Waals surface area contributed by atoms with Crippen LogP contribution in [0.15, 0.2) is 46.8 Å². The van der Waals surface area contributed by atoms with Crippen LogP contribution in [-0.2, 0) is 6.42 Å². The molecule has 0 heterocycles. The van der Waals surface area contributed by atoms with Crippen LogP contribution in [0.3, 0.4) is 0 Å². The van der Waals surface area contributed by atoms with Crippen LogP contribution in [0.4, 0.5) is 11.4 Å². The second kappa shape index (κ2) is 5.71. The molecule has 4 nitrogen and oxygen atoms in total. The molecule has 0 saturated carbocycles. The van der Waals surface area contributed by atoms with Crippen LogP contribution in [0.5, 0.6) is 0 Å². The first-order chi connectivity index (χ1) is 9.13. The zero-order valence-electron chi connectivity index (χ0n) is 10.3. The highest BCUT2D eigenvalue weighted by Gasteiger charge is 2.05. The second-order valence-corrected chi connectivity index (χ2v) is 4.67. The number of halogens is 1. The number of aryl methyl sites for hydroxylation is 1. The summed E-state index contributed by atoms with van der Waals surface area (Å²) >= 11 is 5.92. The number of rotatable bonds is 4. The van der Waals surface area contributed by atoms with Gasteiger partial charge in [0.05, 0.1) is 5.02 Å². The molecule has 0 atom stereocenters. The fourth-order valence-corrected chi connectivity index (χ4v) is 2.14. The maximum absolute atomic E-state index is 10.5. The van der Waals surface area contributed by atoms with Gasteiger partial charge in [-0.25, -0.2) is 0 Å². The molecule has 19 heavy (non-hydrogen) atoms. The van der Waals surface area contributed by atoms with Crippen molar-refractivity contribution in [3.05, 3.63) is 67.9 Å². The number of hydrogen-bond acceptors (Lipinski definition) is 4. The summed E-state index contributed by atoms with van der Waals surface area (Å²) in [5, 5.41) is 6.11. The molecule has 0 spiro atoms. The highest BCUT2D eigenvalue weighted by atomic mass is 35.5. The summed E-state index contributed by atoms with van der Waals surface area (Å²) in [5.74, 6) is 0. The third-order valence-corrected chi connectivity index (χ3v) is 3.18. The van der Waals surface area contributed by atoms with E-state index in [0.29, 0.717) is 17.1 Å². The topological polar surface area (TPSA) is 58.9 Å². The van der Waals surface area contributed by atoms with Crippen molar-refractivity contribution in [1.82, 2.24) is 0 Å². The molecule has 0 radical (unpaired) electrons. The van der Waals surface area contributed by atoms with Crippen molar-refractivity contribution in [3.8, 4) is 0 Å². The van der Waals surface area contributed by atoms with Gasteiger partial charge in [0.15, 0.2) is 0 Å². The number of nitrogens with zero attached hydrogens (tertiary/aromatic N) is 2. The van der Waals surface area contributed by atoms with Crippen molar-refractivity contribution in [2.24, 2.45) is 10.4 Å². The molecule has 0 bridgehead atoms. The molecule has 0 saturated heterocycles. The molecule has 2 aromatic carbocycles. The highest BCUT2D eigenvalue weighted by Crippen LogP contribution is 2.27. The van der Waals surface area contributed by atoms with Gasteiger partial charge >= 0.3 is 0 Å². The molecule has 0 aromatic heterocycles. The lowest BCUT2D eigenvalue weighted by molar-refractivity contribution is 1.18. The van der Waals surface area contributed by atoms with E-state index in [9.17, 15) is 9.81 Å². The Morgan fingerprint density at radius 3 is 2.05 bits per heavy atom. The third kappa shape index (κ3) is 3.03. The van der Waals surface area contributed by atoms with Gasteiger partial charge in [0, 0.05) is 0 Å². The van der Waals surface area contributed by atoms with Crippen molar-refractivity contribution >= 4 is 23.0 Å². The summed E-state index contributed by atoms with van der Waals surface area (Å²) in [6.07, 6.45) is 0.666. The van der Waals surface area contributed by atoms with Crippen molar-refractivity contribution in [1.29, 1.82) is 0 Å². The van der Waals surface area contributed by atoms with Gasteiger partial charge < -0.3 is 0 Å². The van der Waals surface area contributed by atoms with E-state index in [1.165, 1.54) is 0 Å². The van der Waals surface area contributed by atoms with Gasteiger partial charge in [-0.1, -0.05) is 29.8 Å². The zero-order valence-corrected chi connectivity index (χ0v) is 11.0. The average Bonchev–Trinajstić information content (AvgIpc) is 2.39. The van der Waals surface area contributed by atoms with Crippen molar-refractivity contribution in [3.63, 3.8) is 0 Å². The van der Waals surface area contributed by atoms with E-state index in [1.807, 2.05) is 25.1 Å². The predicted octanol–water partition coefficient (Wildman–Crippen LogP) is 5.04. The van der Waals surface area contributed by atoms with Crippen LogP contribution < -0.4 is 0 Å². The molecule has 5 heteroatoms.